The van der Waals surface area contributed by atoms with E-state index >= 15 is 0 Å². The van der Waals surface area contributed by atoms with E-state index in [0.29, 0.717) is 17.5 Å². The van der Waals surface area contributed by atoms with Crippen molar-refractivity contribution in [3.8, 4) is 0 Å². The third-order valence-electron chi connectivity index (χ3n) is 4.62. The molecule has 0 radical (unpaired) electrons. The highest BCUT2D eigenvalue weighted by Gasteiger charge is 2.19. The van der Waals surface area contributed by atoms with E-state index in [-0.39, 0.29) is 0 Å². The molecular formula is C19H26F2. The van der Waals surface area contributed by atoms with Crippen molar-refractivity contribution in [1.29, 1.82) is 0 Å². The number of rotatable bonds is 6. The van der Waals surface area contributed by atoms with E-state index in [2.05, 4.69) is 13.0 Å². The van der Waals surface area contributed by atoms with Crippen LogP contribution in [0.3, 0.4) is 0 Å². The van der Waals surface area contributed by atoms with Crippen LogP contribution in [0.2, 0.25) is 0 Å². The van der Waals surface area contributed by atoms with Gasteiger partial charge in [-0.05, 0) is 42.7 Å². The molecule has 0 saturated carbocycles. The Morgan fingerprint density at radius 1 is 1.10 bits per heavy atom. The maximum absolute atomic E-state index is 14.2. The van der Waals surface area contributed by atoms with Crippen molar-refractivity contribution >= 4 is 5.57 Å². The summed E-state index contributed by atoms with van der Waals surface area (Å²) in [6, 6.07) is 3.47. The highest BCUT2D eigenvalue weighted by molar-refractivity contribution is 5.67. The molecule has 1 unspecified atom stereocenters. The standard InChI is InChI=1S/C19H26F2/c1-3-5-6-7-14-8-10-16(11-9-14)17-13-12-15(4-2)18(20)19(17)21/h10,12-14H,3-9,11H2,1-2H3. The summed E-state index contributed by atoms with van der Waals surface area (Å²) >= 11 is 0. The Hall–Kier alpha value is -1.18. The summed E-state index contributed by atoms with van der Waals surface area (Å²) in [5.41, 5.74) is 1.92. The average Bonchev–Trinajstić information content (AvgIpc) is 2.51. The maximum Gasteiger partial charge on any atom is 0.166 e. The summed E-state index contributed by atoms with van der Waals surface area (Å²) in [6.07, 6.45) is 10.8. The van der Waals surface area contributed by atoms with Crippen molar-refractivity contribution < 1.29 is 8.78 Å². The van der Waals surface area contributed by atoms with Gasteiger partial charge < -0.3 is 0 Å². The number of allylic oxidation sites excluding steroid dienone is 2. The second kappa shape index (κ2) is 7.72. The lowest BCUT2D eigenvalue weighted by atomic mass is 9.83. The zero-order valence-corrected chi connectivity index (χ0v) is 13.2. The van der Waals surface area contributed by atoms with Crippen molar-refractivity contribution in [2.75, 3.05) is 0 Å². The van der Waals surface area contributed by atoms with Crippen LogP contribution in [0.4, 0.5) is 8.78 Å². The molecule has 0 heterocycles. The fourth-order valence-corrected chi connectivity index (χ4v) is 3.19. The molecule has 1 aliphatic carbocycles. The Morgan fingerprint density at radius 2 is 1.90 bits per heavy atom. The van der Waals surface area contributed by atoms with E-state index in [1.807, 2.05) is 6.92 Å². The topological polar surface area (TPSA) is 0 Å². The van der Waals surface area contributed by atoms with Gasteiger partial charge in [0.25, 0.3) is 0 Å². The zero-order valence-electron chi connectivity index (χ0n) is 13.2. The number of hydrogen-bond acceptors (Lipinski definition) is 0. The van der Waals surface area contributed by atoms with Gasteiger partial charge in [0.05, 0.1) is 0 Å². The minimum absolute atomic E-state index is 0.463. The van der Waals surface area contributed by atoms with Gasteiger partial charge in [0.2, 0.25) is 0 Å². The summed E-state index contributed by atoms with van der Waals surface area (Å²) in [5.74, 6) is -0.603. The Labute approximate surface area is 127 Å². The van der Waals surface area contributed by atoms with Gasteiger partial charge >= 0.3 is 0 Å². The molecule has 1 aliphatic rings. The summed E-state index contributed by atoms with van der Waals surface area (Å²) in [4.78, 5) is 0. The number of halogens is 2. The van der Waals surface area contributed by atoms with E-state index < -0.39 is 11.6 Å². The lowest BCUT2D eigenvalue weighted by Gasteiger charge is -2.22. The lowest BCUT2D eigenvalue weighted by Crippen LogP contribution is -2.07. The van der Waals surface area contributed by atoms with Crippen LogP contribution >= 0.6 is 0 Å². The molecule has 0 aromatic heterocycles. The van der Waals surface area contributed by atoms with E-state index in [1.54, 1.807) is 12.1 Å². The third kappa shape index (κ3) is 3.93. The van der Waals surface area contributed by atoms with Crippen LogP contribution in [0.25, 0.3) is 5.57 Å². The Balaban J connectivity index is 2.05. The van der Waals surface area contributed by atoms with E-state index in [4.69, 9.17) is 0 Å². The van der Waals surface area contributed by atoms with Crippen LogP contribution in [0.1, 0.15) is 69.9 Å². The number of benzene rings is 1. The molecule has 0 nitrogen and oxygen atoms in total. The van der Waals surface area contributed by atoms with Crippen molar-refractivity contribution in [3.05, 3.63) is 41.0 Å². The van der Waals surface area contributed by atoms with Gasteiger partial charge in [-0.15, -0.1) is 0 Å². The SMILES string of the molecule is CCCCCC1CC=C(c2ccc(CC)c(F)c2F)CC1. The molecule has 1 aromatic carbocycles. The first-order valence-electron chi connectivity index (χ1n) is 8.33. The van der Waals surface area contributed by atoms with Crippen molar-refractivity contribution in [2.24, 2.45) is 5.92 Å². The van der Waals surface area contributed by atoms with Gasteiger partial charge in [0.15, 0.2) is 11.6 Å². The van der Waals surface area contributed by atoms with E-state index in [1.165, 1.54) is 25.7 Å². The number of hydrogen-bond donors (Lipinski definition) is 0. The van der Waals surface area contributed by atoms with Crippen LogP contribution in [-0.2, 0) is 6.42 Å². The second-order valence-electron chi connectivity index (χ2n) is 6.12. The molecule has 0 saturated heterocycles. The zero-order chi connectivity index (χ0) is 15.2. The van der Waals surface area contributed by atoms with Crippen LogP contribution < -0.4 is 0 Å². The summed E-state index contributed by atoms with van der Waals surface area (Å²) in [5, 5.41) is 0. The van der Waals surface area contributed by atoms with Crippen molar-refractivity contribution in [3.63, 3.8) is 0 Å². The predicted molar refractivity (Wildman–Crippen MR) is 85.2 cm³/mol. The molecule has 1 aromatic rings. The van der Waals surface area contributed by atoms with Gasteiger partial charge in [-0.3, -0.25) is 0 Å². The molecule has 0 amide bonds. The monoisotopic (exact) mass is 292 g/mol. The van der Waals surface area contributed by atoms with Gasteiger partial charge in [0, 0.05) is 5.56 Å². The highest BCUT2D eigenvalue weighted by atomic mass is 19.2. The molecule has 21 heavy (non-hydrogen) atoms. The summed E-state index contributed by atoms with van der Waals surface area (Å²) in [7, 11) is 0. The van der Waals surface area contributed by atoms with E-state index in [0.717, 1.165) is 30.8 Å². The van der Waals surface area contributed by atoms with E-state index in [9.17, 15) is 8.78 Å². The van der Waals surface area contributed by atoms with Gasteiger partial charge in [-0.2, -0.15) is 0 Å². The second-order valence-corrected chi connectivity index (χ2v) is 6.12. The normalized spacial score (nSPS) is 18.7. The predicted octanol–water partition coefficient (Wildman–Crippen LogP) is 6.29. The Morgan fingerprint density at radius 3 is 2.52 bits per heavy atom. The fourth-order valence-electron chi connectivity index (χ4n) is 3.19. The van der Waals surface area contributed by atoms with Crippen LogP contribution in [0.15, 0.2) is 18.2 Å². The molecule has 1 atom stereocenters. The first-order valence-corrected chi connectivity index (χ1v) is 8.33. The fraction of sp³-hybridized carbons (Fsp3) is 0.579. The van der Waals surface area contributed by atoms with Crippen molar-refractivity contribution in [2.45, 2.75) is 65.2 Å². The minimum Gasteiger partial charge on any atom is -0.203 e. The van der Waals surface area contributed by atoms with Gasteiger partial charge in [0.1, 0.15) is 0 Å². The van der Waals surface area contributed by atoms with Crippen molar-refractivity contribution in [1.82, 2.24) is 0 Å². The largest absolute Gasteiger partial charge is 0.203 e. The van der Waals surface area contributed by atoms with Crippen LogP contribution in [0.5, 0.6) is 0 Å². The first kappa shape index (κ1) is 16.2. The minimum atomic E-state index is -0.666. The summed E-state index contributed by atoms with van der Waals surface area (Å²) in [6.45, 7) is 4.06. The molecule has 2 rings (SSSR count). The maximum atomic E-state index is 14.2. The smallest absolute Gasteiger partial charge is 0.166 e. The van der Waals surface area contributed by atoms with Gasteiger partial charge in [-0.25, -0.2) is 8.78 Å². The molecule has 0 aliphatic heterocycles. The Bertz CT molecular complexity index is 503. The molecule has 0 fully saturated rings. The molecule has 0 bridgehead atoms. The molecule has 0 spiro atoms. The Kier molecular flexibility index (Phi) is 5.96. The molecular weight excluding hydrogens is 266 g/mol. The van der Waals surface area contributed by atoms with Crippen LogP contribution in [-0.4, -0.2) is 0 Å². The summed E-state index contributed by atoms with van der Waals surface area (Å²) < 4.78 is 28.1. The lowest BCUT2D eigenvalue weighted by molar-refractivity contribution is 0.427. The molecule has 2 heteroatoms. The first-order chi connectivity index (χ1) is 10.2. The average molecular weight is 292 g/mol. The quantitative estimate of drug-likeness (QED) is 0.540. The number of aryl methyl sites for hydroxylation is 1. The molecule has 116 valence electrons. The number of unbranched alkanes of at least 4 members (excludes halogenated alkanes) is 2. The van der Waals surface area contributed by atoms with Crippen LogP contribution in [0, 0.1) is 17.6 Å². The van der Waals surface area contributed by atoms with Gasteiger partial charge in [-0.1, -0.05) is 57.7 Å². The highest BCUT2D eigenvalue weighted by Crippen LogP contribution is 2.34. The third-order valence-corrected chi connectivity index (χ3v) is 4.62. The molecule has 0 N–H and O–H groups in total.